The van der Waals surface area contributed by atoms with Crippen LogP contribution in [-0.2, 0) is 9.59 Å². The van der Waals surface area contributed by atoms with Crippen molar-refractivity contribution in [3.8, 4) is 11.5 Å². The summed E-state index contributed by atoms with van der Waals surface area (Å²) in [5, 5.41) is 3.38. The summed E-state index contributed by atoms with van der Waals surface area (Å²) in [6.45, 7) is 2.33. The van der Waals surface area contributed by atoms with Crippen LogP contribution < -0.4 is 15.0 Å². The first-order valence-corrected chi connectivity index (χ1v) is 10.1. The number of hydrogen-bond donors (Lipinski definition) is 1. The smallest absolute Gasteiger partial charge is 0.229 e. The monoisotopic (exact) mass is 420 g/mol. The normalized spacial score (nSPS) is 15.9. The molecule has 0 unspecified atom stereocenters. The molecule has 6 heteroatoms. The highest BCUT2D eigenvalue weighted by atomic mass is 35.5. The number of nitrogens with one attached hydrogen (secondary N) is 1. The number of rotatable bonds is 5. The predicted molar refractivity (Wildman–Crippen MR) is 118 cm³/mol. The van der Waals surface area contributed by atoms with Crippen LogP contribution in [0.3, 0.4) is 0 Å². The zero-order chi connectivity index (χ0) is 21.1. The minimum atomic E-state index is -0.433. The van der Waals surface area contributed by atoms with Gasteiger partial charge in [-0.05, 0) is 55.5 Å². The Labute approximate surface area is 180 Å². The third-order valence-corrected chi connectivity index (χ3v) is 5.34. The van der Waals surface area contributed by atoms with Crippen LogP contribution in [0.2, 0.25) is 5.02 Å². The number of carbonyl (C=O) groups excluding carboxylic acids is 2. The van der Waals surface area contributed by atoms with Crippen molar-refractivity contribution >= 4 is 34.8 Å². The summed E-state index contributed by atoms with van der Waals surface area (Å²) in [7, 11) is 0. The van der Waals surface area contributed by atoms with Gasteiger partial charge in [-0.2, -0.15) is 0 Å². The maximum Gasteiger partial charge on any atom is 0.229 e. The first-order valence-electron chi connectivity index (χ1n) is 9.70. The maximum absolute atomic E-state index is 12.7. The van der Waals surface area contributed by atoms with E-state index in [0.717, 1.165) is 5.75 Å². The molecule has 1 fully saturated rings. The lowest BCUT2D eigenvalue weighted by Crippen LogP contribution is -2.28. The number of para-hydroxylation sites is 1. The number of aryl methyl sites for hydroxylation is 1. The summed E-state index contributed by atoms with van der Waals surface area (Å²) >= 11 is 6.20. The summed E-state index contributed by atoms with van der Waals surface area (Å²) in [4.78, 5) is 26.7. The van der Waals surface area contributed by atoms with E-state index in [-0.39, 0.29) is 18.2 Å². The molecule has 4 rings (SSSR count). The molecular formula is C24H21ClN2O3. The van der Waals surface area contributed by atoms with Crippen LogP contribution >= 0.6 is 11.6 Å². The molecular weight excluding hydrogens is 400 g/mol. The molecule has 1 aliphatic heterocycles. The van der Waals surface area contributed by atoms with E-state index in [1.807, 2.05) is 43.3 Å². The Morgan fingerprint density at radius 1 is 1.00 bits per heavy atom. The summed E-state index contributed by atoms with van der Waals surface area (Å²) in [5.74, 6) is 0.701. The van der Waals surface area contributed by atoms with E-state index in [1.54, 1.807) is 41.3 Å². The molecule has 3 aromatic carbocycles. The Kier molecular flexibility index (Phi) is 5.72. The van der Waals surface area contributed by atoms with E-state index in [9.17, 15) is 9.59 Å². The second kappa shape index (κ2) is 8.59. The van der Waals surface area contributed by atoms with Crippen molar-refractivity contribution in [2.75, 3.05) is 16.8 Å². The highest BCUT2D eigenvalue weighted by molar-refractivity contribution is 6.33. The van der Waals surface area contributed by atoms with Gasteiger partial charge in [0.2, 0.25) is 11.8 Å². The van der Waals surface area contributed by atoms with Gasteiger partial charge in [0.15, 0.2) is 0 Å². The number of hydrogen-bond acceptors (Lipinski definition) is 3. The van der Waals surface area contributed by atoms with E-state index in [1.165, 1.54) is 5.56 Å². The van der Waals surface area contributed by atoms with Crippen molar-refractivity contribution in [2.24, 2.45) is 5.92 Å². The zero-order valence-electron chi connectivity index (χ0n) is 16.5. The second-order valence-electron chi connectivity index (χ2n) is 7.29. The molecule has 152 valence electrons. The molecule has 5 nitrogen and oxygen atoms in total. The molecule has 0 spiro atoms. The SMILES string of the molecule is Cc1ccc(Oc2ccc(NC(=O)[C@@H]3CC(=O)N(c4ccccc4Cl)C3)cc2)cc1. The number of halogens is 1. The average Bonchev–Trinajstić information content (AvgIpc) is 3.13. The Hall–Kier alpha value is -3.31. The molecule has 1 heterocycles. The van der Waals surface area contributed by atoms with Crippen LogP contribution in [0.1, 0.15) is 12.0 Å². The number of benzene rings is 3. The molecule has 3 aromatic rings. The molecule has 0 radical (unpaired) electrons. The molecule has 0 saturated carbocycles. The lowest BCUT2D eigenvalue weighted by atomic mass is 10.1. The zero-order valence-corrected chi connectivity index (χ0v) is 17.2. The van der Waals surface area contributed by atoms with Crippen LogP contribution in [0, 0.1) is 12.8 Å². The molecule has 1 aliphatic rings. The fraction of sp³-hybridized carbons (Fsp3) is 0.167. The average molecular weight is 421 g/mol. The van der Waals surface area contributed by atoms with Gasteiger partial charge in [0.05, 0.1) is 16.6 Å². The van der Waals surface area contributed by atoms with Gasteiger partial charge >= 0.3 is 0 Å². The van der Waals surface area contributed by atoms with Crippen molar-refractivity contribution in [1.29, 1.82) is 0 Å². The lowest BCUT2D eigenvalue weighted by molar-refractivity contribution is -0.122. The minimum absolute atomic E-state index is 0.106. The summed E-state index contributed by atoms with van der Waals surface area (Å²) in [6.07, 6.45) is 0.158. The Morgan fingerprint density at radius 2 is 1.63 bits per heavy atom. The minimum Gasteiger partial charge on any atom is -0.457 e. The first kappa shape index (κ1) is 20.0. The molecule has 2 amide bonds. The van der Waals surface area contributed by atoms with Gasteiger partial charge in [-0.3, -0.25) is 9.59 Å². The van der Waals surface area contributed by atoms with Gasteiger partial charge in [-0.1, -0.05) is 41.4 Å². The first-order chi connectivity index (χ1) is 14.5. The largest absolute Gasteiger partial charge is 0.457 e. The Bertz CT molecular complexity index is 1060. The third kappa shape index (κ3) is 4.47. The van der Waals surface area contributed by atoms with E-state index in [4.69, 9.17) is 16.3 Å². The van der Waals surface area contributed by atoms with Crippen molar-refractivity contribution in [2.45, 2.75) is 13.3 Å². The molecule has 0 bridgehead atoms. The molecule has 0 aromatic heterocycles. The van der Waals surface area contributed by atoms with E-state index >= 15 is 0 Å². The van der Waals surface area contributed by atoms with Gasteiger partial charge in [0.25, 0.3) is 0 Å². The predicted octanol–water partition coefficient (Wildman–Crippen LogP) is 5.43. The van der Waals surface area contributed by atoms with Gasteiger partial charge < -0.3 is 15.0 Å². The Balaban J connectivity index is 1.37. The van der Waals surface area contributed by atoms with Crippen molar-refractivity contribution < 1.29 is 14.3 Å². The van der Waals surface area contributed by atoms with Crippen molar-refractivity contribution in [1.82, 2.24) is 0 Å². The van der Waals surface area contributed by atoms with Crippen molar-refractivity contribution in [3.05, 3.63) is 83.4 Å². The second-order valence-corrected chi connectivity index (χ2v) is 7.69. The molecule has 30 heavy (non-hydrogen) atoms. The summed E-state index contributed by atoms with van der Waals surface area (Å²) in [6, 6.07) is 22.1. The number of anilines is 2. The Morgan fingerprint density at radius 3 is 2.30 bits per heavy atom. The summed E-state index contributed by atoms with van der Waals surface area (Å²) in [5.41, 5.74) is 2.45. The van der Waals surface area contributed by atoms with Crippen LogP contribution in [-0.4, -0.2) is 18.4 Å². The number of nitrogens with zero attached hydrogens (tertiary/aromatic N) is 1. The topological polar surface area (TPSA) is 58.6 Å². The summed E-state index contributed by atoms with van der Waals surface area (Å²) < 4.78 is 5.80. The van der Waals surface area contributed by atoms with E-state index in [2.05, 4.69) is 5.32 Å². The fourth-order valence-corrected chi connectivity index (χ4v) is 3.62. The van der Waals surface area contributed by atoms with E-state index < -0.39 is 5.92 Å². The van der Waals surface area contributed by atoms with Gasteiger partial charge in [-0.15, -0.1) is 0 Å². The van der Waals surface area contributed by atoms with Crippen LogP contribution in [0.5, 0.6) is 11.5 Å². The van der Waals surface area contributed by atoms with Gasteiger partial charge in [0, 0.05) is 18.7 Å². The molecule has 1 atom stereocenters. The number of ether oxygens (including phenoxy) is 1. The number of amides is 2. The van der Waals surface area contributed by atoms with Gasteiger partial charge in [-0.25, -0.2) is 0 Å². The molecule has 0 aliphatic carbocycles. The van der Waals surface area contributed by atoms with Crippen LogP contribution in [0.15, 0.2) is 72.8 Å². The lowest BCUT2D eigenvalue weighted by Gasteiger charge is -2.18. The quantitative estimate of drug-likeness (QED) is 0.598. The van der Waals surface area contributed by atoms with E-state index in [0.29, 0.717) is 28.7 Å². The highest BCUT2D eigenvalue weighted by Crippen LogP contribution is 2.31. The molecule has 1 saturated heterocycles. The maximum atomic E-state index is 12.7. The standard InChI is InChI=1S/C24H21ClN2O3/c1-16-6-10-19(11-7-16)30-20-12-8-18(9-13-20)26-24(29)17-14-23(28)27(15-17)22-5-3-2-4-21(22)25/h2-13,17H,14-15H2,1H3,(H,26,29)/t17-/m1/s1. The van der Waals surface area contributed by atoms with Crippen LogP contribution in [0.4, 0.5) is 11.4 Å². The third-order valence-electron chi connectivity index (χ3n) is 5.02. The number of carbonyl (C=O) groups is 2. The fourth-order valence-electron chi connectivity index (χ4n) is 3.38. The van der Waals surface area contributed by atoms with Crippen LogP contribution in [0.25, 0.3) is 0 Å². The molecule has 1 N–H and O–H groups in total. The highest BCUT2D eigenvalue weighted by Gasteiger charge is 2.35. The van der Waals surface area contributed by atoms with Gasteiger partial charge in [0.1, 0.15) is 11.5 Å². The van der Waals surface area contributed by atoms with Crippen molar-refractivity contribution in [3.63, 3.8) is 0 Å².